The van der Waals surface area contributed by atoms with Gasteiger partial charge < -0.3 is 4.74 Å². The second kappa shape index (κ2) is 8.67. The predicted octanol–water partition coefficient (Wildman–Crippen LogP) is 3.46. The average molecular weight is 363 g/mol. The van der Waals surface area contributed by atoms with E-state index in [9.17, 15) is 8.42 Å². The standard InChI is InChI=1S/C15H23BrO3S/c1-3-20(17,18)10-6-7-13(12-16)11-14-8-4-5-9-15(14)19-2/h4-5,8-9,13H,3,6-7,10-12H2,1-2H3. The molecule has 0 heterocycles. The molecular weight excluding hydrogens is 340 g/mol. The van der Waals surface area contributed by atoms with Crippen LogP contribution in [0.5, 0.6) is 5.75 Å². The molecule has 5 heteroatoms. The van der Waals surface area contributed by atoms with Crippen LogP contribution in [0.15, 0.2) is 24.3 Å². The molecule has 1 unspecified atom stereocenters. The molecule has 1 atom stereocenters. The maximum Gasteiger partial charge on any atom is 0.150 e. The van der Waals surface area contributed by atoms with Gasteiger partial charge in [-0.1, -0.05) is 41.1 Å². The zero-order valence-corrected chi connectivity index (χ0v) is 14.5. The Morgan fingerprint density at radius 1 is 1.30 bits per heavy atom. The summed E-state index contributed by atoms with van der Waals surface area (Å²) in [7, 11) is -1.17. The molecule has 0 aromatic heterocycles. The number of benzene rings is 1. The molecule has 0 fully saturated rings. The summed E-state index contributed by atoms with van der Waals surface area (Å²) >= 11 is 3.53. The third-order valence-electron chi connectivity index (χ3n) is 3.43. The van der Waals surface area contributed by atoms with Crippen LogP contribution in [0.4, 0.5) is 0 Å². The van der Waals surface area contributed by atoms with E-state index in [1.807, 2.05) is 18.2 Å². The minimum absolute atomic E-state index is 0.235. The number of sulfone groups is 1. The fourth-order valence-electron chi connectivity index (χ4n) is 2.15. The number of halogens is 1. The Morgan fingerprint density at radius 2 is 2.00 bits per heavy atom. The van der Waals surface area contributed by atoms with Gasteiger partial charge in [0.1, 0.15) is 15.6 Å². The molecule has 0 aliphatic heterocycles. The average Bonchev–Trinajstić information content (AvgIpc) is 2.46. The van der Waals surface area contributed by atoms with Crippen molar-refractivity contribution in [1.82, 2.24) is 0 Å². The number of ether oxygens (including phenoxy) is 1. The molecule has 0 amide bonds. The van der Waals surface area contributed by atoms with Crippen molar-refractivity contribution in [2.75, 3.05) is 23.9 Å². The zero-order valence-electron chi connectivity index (χ0n) is 12.1. The van der Waals surface area contributed by atoms with Gasteiger partial charge in [-0.25, -0.2) is 8.42 Å². The summed E-state index contributed by atoms with van der Waals surface area (Å²) in [5.74, 6) is 1.86. The molecule has 1 aromatic carbocycles. The first-order chi connectivity index (χ1) is 9.52. The van der Waals surface area contributed by atoms with Gasteiger partial charge in [-0.05, 0) is 36.8 Å². The summed E-state index contributed by atoms with van der Waals surface area (Å²) in [6.07, 6.45) is 2.53. The topological polar surface area (TPSA) is 43.4 Å². The molecule has 0 radical (unpaired) electrons. The monoisotopic (exact) mass is 362 g/mol. The van der Waals surface area contributed by atoms with Gasteiger partial charge in [0.2, 0.25) is 0 Å². The molecule has 0 saturated carbocycles. The van der Waals surface area contributed by atoms with E-state index in [1.54, 1.807) is 14.0 Å². The van der Waals surface area contributed by atoms with Crippen LogP contribution in [0.3, 0.4) is 0 Å². The highest BCUT2D eigenvalue weighted by Crippen LogP contribution is 2.24. The Morgan fingerprint density at radius 3 is 2.60 bits per heavy atom. The second-order valence-electron chi connectivity index (χ2n) is 4.91. The summed E-state index contributed by atoms with van der Waals surface area (Å²) in [5.41, 5.74) is 1.18. The first-order valence-electron chi connectivity index (χ1n) is 6.90. The van der Waals surface area contributed by atoms with Crippen LogP contribution >= 0.6 is 15.9 Å². The predicted molar refractivity (Wildman–Crippen MR) is 87.5 cm³/mol. The van der Waals surface area contributed by atoms with Gasteiger partial charge in [-0.2, -0.15) is 0 Å². The molecule has 0 aliphatic carbocycles. The molecule has 1 aromatic rings. The minimum Gasteiger partial charge on any atom is -0.496 e. The van der Waals surface area contributed by atoms with E-state index < -0.39 is 9.84 Å². The van der Waals surface area contributed by atoms with Crippen LogP contribution < -0.4 is 4.74 Å². The third-order valence-corrected chi connectivity index (χ3v) is 6.13. The van der Waals surface area contributed by atoms with Crippen molar-refractivity contribution in [2.45, 2.75) is 26.2 Å². The number of alkyl halides is 1. The highest BCUT2D eigenvalue weighted by Gasteiger charge is 2.14. The quantitative estimate of drug-likeness (QED) is 0.631. The van der Waals surface area contributed by atoms with Crippen molar-refractivity contribution >= 4 is 25.8 Å². The number of rotatable bonds is 9. The first-order valence-corrected chi connectivity index (χ1v) is 9.85. The minimum atomic E-state index is -2.85. The van der Waals surface area contributed by atoms with Crippen molar-refractivity contribution < 1.29 is 13.2 Å². The van der Waals surface area contributed by atoms with E-state index >= 15 is 0 Å². The highest BCUT2D eigenvalue weighted by atomic mass is 79.9. The molecule has 3 nitrogen and oxygen atoms in total. The summed E-state index contributed by atoms with van der Waals surface area (Å²) in [5, 5.41) is 0.872. The summed E-state index contributed by atoms with van der Waals surface area (Å²) in [6.45, 7) is 1.70. The summed E-state index contributed by atoms with van der Waals surface area (Å²) in [6, 6.07) is 7.99. The van der Waals surface area contributed by atoms with E-state index in [1.165, 1.54) is 5.56 Å². The van der Waals surface area contributed by atoms with E-state index in [-0.39, 0.29) is 5.75 Å². The molecule has 0 N–H and O–H groups in total. The van der Waals surface area contributed by atoms with Crippen LogP contribution in [0.25, 0.3) is 0 Å². The Labute approximate surface area is 130 Å². The normalized spacial score (nSPS) is 13.2. The van der Waals surface area contributed by atoms with Gasteiger partial charge in [0.15, 0.2) is 0 Å². The maximum absolute atomic E-state index is 11.5. The molecule has 0 aliphatic rings. The van der Waals surface area contributed by atoms with Gasteiger partial charge in [0.25, 0.3) is 0 Å². The SMILES string of the molecule is CCS(=O)(=O)CCCC(CBr)Cc1ccccc1OC. The fraction of sp³-hybridized carbons (Fsp3) is 0.600. The van der Waals surface area contributed by atoms with Crippen LogP contribution in [0.1, 0.15) is 25.3 Å². The fourth-order valence-corrected chi connectivity index (χ4v) is 3.60. The molecule has 20 heavy (non-hydrogen) atoms. The van der Waals surface area contributed by atoms with Crippen LogP contribution in [-0.2, 0) is 16.3 Å². The lowest BCUT2D eigenvalue weighted by atomic mass is 9.96. The smallest absolute Gasteiger partial charge is 0.150 e. The number of hydrogen-bond acceptors (Lipinski definition) is 3. The molecule has 0 bridgehead atoms. The van der Waals surface area contributed by atoms with Crippen molar-refractivity contribution in [3.05, 3.63) is 29.8 Å². The summed E-state index contributed by atoms with van der Waals surface area (Å²) < 4.78 is 28.3. The van der Waals surface area contributed by atoms with Gasteiger partial charge in [-0.15, -0.1) is 0 Å². The van der Waals surface area contributed by atoms with Crippen LogP contribution in [0, 0.1) is 5.92 Å². The Balaban J connectivity index is 2.55. The van der Waals surface area contributed by atoms with Gasteiger partial charge in [-0.3, -0.25) is 0 Å². The van der Waals surface area contributed by atoms with E-state index in [0.717, 1.165) is 30.3 Å². The molecule has 0 spiro atoms. The summed E-state index contributed by atoms with van der Waals surface area (Å²) in [4.78, 5) is 0. The molecule has 114 valence electrons. The molecular formula is C15H23BrO3S. The van der Waals surface area contributed by atoms with E-state index in [4.69, 9.17) is 4.74 Å². The highest BCUT2D eigenvalue weighted by molar-refractivity contribution is 9.09. The first kappa shape index (κ1) is 17.5. The van der Waals surface area contributed by atoms with E-state index in [0.29, 0.717) is 11.7 Å². The van der Waals surface area contributed by atoms with Crippen LogP contribution in [-0.4, -0.2) is 32.4 Å². The Kier molecular flexibility index (Phi) is 7.59. The second-order valence-corrected chi connectivity index (χ2v) is 8.04. The van der Waals surface area contributed by atoms with E-state index in [2.05, 4.69) is 22.0 Å². The van der Waals surface area contributed by atoms with Crippen molar-refractivity contribution in [1.29, 1.82) is 0 Å². The van der Waals surface area contributed by atoms with Gasteiger partial charge >= 0.3 is 0 Å². The maximum atomic E-state index is 11.5. The van der Waals surface area contributed by atoms with Crippen molar-refractivity contribution in [3.8, 4) is 5.75 Å². The number of para-hydroxylation sites is 1. The Bertz CT molecular complexity index is 500. The van der Waals surface area contributed by atoms with Gasteiger partial charge in [0.05, 0.1) is 12.9 Å². The lowest BCUT2D eigenvalue weighted by molar-refractivity contribution is 0.404. The number of methoxy groups -OCH3 is 1. The zero-order chi connectivity index (χ0) is 15.0. The lowest BCUT2D eigenvalue weighted by Crippen LogP contribution is -2.13. The number of hydrogen-bond donors (Lipinski definition) is 0. The van der Waals surface area contributed by atoms with Crippen LogP contribution in [0.2, 0.25) is 0 Å². The molecule has 1 rings (SSSR count). The largest absolute Gasteiger partial charge is 0.496 e. The molecule has 0 saturated heterocycles. The third kappa shape index (κ3) is 5.83. The lowest BCUT2D eigenvalue weighted by Gasteiger charge is -2.16. The van der Waals surface area contributed by atoms with Gasteiger partial charge in [0, 0.05) is 11.1 Å². The van der Waals surface area contributed by atoms with Crippen molar-refractivity contribution in [3.63, 3.8) is 0 Å². The Hall–Kier alpha value is -0.550. The van der Waals surface area contributed by atoms with Crippen molar-refractivity contribution in [2.24, 2.45) is 5.92 Å².